The van der Waals surface area contributed by atoms with Crippen LogP contribution in [-0.4, -0.2) is 41.4 Å². The monoisotopic (exact) mass is 471 g/mol. The highest BCUT2D eigenvalue weighted by Crippen LogP contribution is 2.23. The van der Waals surface area contributed by atoms with Crippen molar-refractivity contribution in [3.8, 4) is 5.75 Å². The molecule has 1 aliphatic heterocycles. The Morgan fingerprint density at radius 3 is 2.39 bits per heavy atom. The second-order valence-corrected chi connectivity index (χ2v) is 8.13. The second kappa shape index (κ2) is 11.0. The zero-order valence-corrected chi connectivity index (χ0v) is 19.5. The first-order valence-corrected chi connectivity index (χ1v) is 11.0. The Kier molecular flexibility index (Phi) is 8.06. The zero-order valence-electron chi connectivity index (χ0n) is 18.7. The van der Waals surface area contributed by atoms with Crippen molar-refractivity contribution in [1.82, 2.24) is 10.2 Å². The molecule has 0 aliphatic carbocycles. The molecule has 0 bridgehead atoms. The summed E-state index contributed by atoms with van der Waals surface area (Å²) in [5.41, 5.74) is 1.31. The Morgan fingerprint density at radius 1 is 1.12 bits per heavy atom. The first-order valence-electron chi connectivity index (χ1n) is 10.6. The number of aliphatic imine (C=N–C) groups is 1. The third-order valence-corrected chi connectivity index (χ3v) is 5.00. The lowest BCUT2D eigenvalue weighted by molar-refractivity contribution is -0.152. The first-order chi connectivity index (χ1) is 15.8. The highest BCUT2D eigenvalue weighted by Gasteiger charge is 2.40. The summed E-state index contributed by atoms with van der Waals surface area (Å²) < 4.78 is 10.6. The van der Waals surface area contributed by atoms with E-state index < -0.39 is 23.7 Å². The molecular formula is C24H26ClN3O5. The third kappa shape index (κ3) is 6.55. The minimum Gasteiger partial charge on any atom is -0.491 e. The van der Waals surface area contributed by atoms with E-state index in [2.05, 4.69) is 10.3 Å². The molecule has 0 spiro atoms. The lowest BCUT2D eigenvalue weighted by Gasteiger charge is -2.32. The molecule has 1 atom stereocenters. The standard InChI is InChI=1S/C24H26ClN3O5/c1-4-32-21(29)13-20-22(30)27-24(26-18-9-11-19(12-10-18)33-15(2)3)28(23(20)31)14-16-5-7-17(25)8-6-16/h5-12,15,20H,4,13-14H2,1-3H3,(H,26,27,30). The van der Waals surface area contributed by atoms with Gasteiger partial charge in [-0.15, -0.1) is 0 Å². The number of nitrogens with zero attached hydrogens (tertiary/aromatic N) is 2. The van der Waals surface area contributed by atoms with Crippen molar-refractivity contribution in [2.45, 2.75) is 39.8 Å². The maximum absolute atomic E-state index is 13.3. The maximum atomic E-state index is 13.3. The lowest BCUT2D eigenvalue weighted by atomic mass is 10.00. The summed E-state index contributed by atoms with van der Waals surface area (Å²) in [6, 6.07) is 14.0. The molecule has 33 heavy (non-hydrogen) atoms. The molecule has 0 saturated carbocycles. The van der Waals surface area contributed by atoms with Gasteiger partial charge < -0.3 is 9.47 Å². The summed E-state index contributed by atoms with van der Waals surface area (Å²) in [5, 5.41) is 3.24. The molecule has 174 valence electrons. The van der Waals surface area contributed by atoms with Gasteiger partial charge in [-0.25, -0.2) is 4.99 Å². The van der Waals surface area contributed by atoms with Gasteiger partial charge in [0.15, 0.2) is 0 Å². The van der Waals surface area contributed by atoms with Gasteiger partial charge in [0.1, 0.15) is 11.7 Å². The van der Waals surface area contributed by atoms with Crippen molar-refractivity contribution in [2.24, 2.45) is 10.9 Å². The number of carbonyl (C=O) groups is 3. The molecule has 1 N–H and O–H groups in total. The number of esters is 1. The van der Waals surface area contributed by atoms with E-state index >= 15 is 0 Å². The SMILES string of the molecule is CCOC(=O)CC1C(=O)N/C(=N\c2ccc(OC(C)C)cc2)N(Cc2ccc(Cl)cc2)C1=O. The van der Waals surface area contributed by atoms with Gasteiger partial charge in [-0.1, -0.05) is 23.7 Å². The van der Waals surface area contributed by atoms with Crippen LogP contribution in [0.25, 0.3) is 0 Å². The van der Waals surface area contributed by atoms with E-state index in [4.69, 9.17) is 21.1 Å². The van der Waals surface area contributed by atoms with Gasteiger partial charge in [0.25, 0.3) is 0 Å². The fourth-order valence-electron chi connectivity index (χ4n) is 3.24. The van der Waals surface area contributed by atoms with Crippen LogP contribution in [-0.2, 0) is 25.7 Å². The van der Waals surface area contributed by atoms with Crippen LogP contribution in [0.1, 0.15) is 32.8 Å². The van der Waals surface area contributed by atoms with E-state index in [1.165, 1.54) is 4.90 Å². The number of amides is 2. The maximum Gasteiger partial charge on any atom is 0.307 e. The molecule has 3 rings (SSSR count). The van der Waals surface area contributed by atoms with E-state index in [1.54, 1.807) is 55.5 Å². The smallest absolute Gasteiger partial charge is 0.307 e. The summed E-state index contributed by atoms with van der Waals surface area (Å²) in [6.45, 7) is 5.83. The topological polar surface area (TPSA) is 97.3 Å². The average molecular weight is 472 g/mol. The Hall–Kier alpha value is -3.39. The van der Waals surface area contributed by atoms with E-state index in [1.807, 2.05) is 13.8 Å². The van der Waals surface area contributed by atoms with Gasteiger partial charge in [-0.05, 0) is 62.7 Å². The van der Waals surface area contributed by atoms with E-state index in [0.29, 0.717) is 16.5 Å². The lowest BCUT2D eigenvalue weighted by Crippen LogP contribution is -2.58. The molecule has 2 aromatic carbocycles. The first kappa shape index (κ1) is 24.3. The number of benzene rings is 2. The van der Waals surface area contributed by atoms with Crippen molar-refractivity contribution in [1.29, 1.82) is 0 Å². The molecule has 1 aliphatic rings. The number of guanidine groups is 1. The van der Waals surface area contributed by atoms with Crippen molar-refractivity contribution >= 4 is 41.0 Å². The Balaban J connectivity index is 1.90. The van der Waals surface area contributed by atoms with Gasteiger partial charge in [0.2, 0.25) is 17.8 Å². The highest BCUT2D eigenvalue weighted by atomic mass is 35.5. The van der Waals surface area contributed by atoms with Crippen LogP contribution in [0.3, 0.4) is 0 Å². The molecule has 8 nitrogen and oxygen atoms in total. The van der Waals surface area contributed by atoms with Crippen molar-refractivity contribution < 1.29 is 23.9 Å². The van der Waals surface area contributed by atoms with Crippen LogP contribution >= 0.6 is 11.6 Å². The number of halogens is 1. The normalized spacial score (nSPS) is 17.3. The Labute approximate surface area is 197 Å². The number of rotatable bonds is 8. The molecule has 0 aromatic heterocycles. The van der Waals surface area contributed by atoms with Crippen LogP contribution in [0.15, 0.2) is 53.5 Å². The van der Waals surface area contributed by atoms with Gasteiger partial charge in [0, 0.05) is 5.02 Å². The summed E-state index contributed by atoms with van der Waals surface area (Å²) in [4.78, 5) is 43.7. The predicted molar refractivity (Wildman–Crippen MR) is 124 cm³/mol. The molecule has 1 fully saturated rings. The largest absolute Gasteiger partial charge is 0.491 e. The van der Waals surface area contributed by atoms with Crippen LogP contribution in [0.5, 0.6) is 5.75 Å². The average Bonchev–Trinajstić information content (AvgIpc) is 2.76. The summed E-state index contributed by atoms with van der Waals surface area (Å²) in [7, 11) is 0. The highest BCUT2D eigenvalue weighted by molar-refractivity contribution is 6.30. The number of ether oxygens (including phenoxy) is 2. The molecule has 9 heteroatoms. The van der Waals surface area contributed by atoms with Crippen LogP contribution in [0.2, 0.25) is 5.02 Å². The van der Waals surface area contributed by atoms with Gasteiger partial charge >= 0.3 is 5.97 Å². The van der Waals surface area contributed by atoms with E-state index in [9.17, 15) is 14.4 Å². The summed E-state index contributed by atoms with van der Waals surface area (Å²) >= 11 is 5.97. The minimum atomic E-state index is -1.20. The number of hydrogen-bond donors (Lipinski definition) is 1. The molecule has 1 unspecified atom stereocenters. The molecule has 1 heterocycles. The van der Waals surface area contributed by atoms with E-state index in [0.717, 1.165) is 5.56 Å². The third-order valence-electron chi connectivity index (χ3n) is 4.74. The van der Waals surface area contributed by atoms with Crippen molar-refractivity contribution in [2.75, 3.05) is 6.61 Å². The van der Waals surface area contributed by atoms with Gasteiger partial charge in [0.05, 0.1) is 31.4 Å². The van der Waals surface area contributed by atoms with E-state index in [-0.39, 0.29) is 31.6 Å². The quantitative estimate of drug-likeness (QED) is 0.466. The number of carbonyl (C=O) groups excluding carboxylic acids is 3. The van der Waals surface area contributed by atoms with Crippen LogP contribution in [0.4, 0.5) is 5.69 Å². The van der Waals surface area contributed by atoms with Crippen molar-refractivity contribution in [3.63, 3.8) is 0 Å². The molecule has 0 radical (unpaired) electrons. The van der Waals surface area contributed by atoms with Crippen molar-refractivity contribution in [3.05, 3.63) is 59.1 Å². The number of nitrogens with one attached hydrogen (secondary N) is 1. The van der Waals surface area contributed by atoms with Gasteiger partial charge in [-0.2, -0.15) is 0 Å². The molecular weight excluding hydrogens is 446 g/mol. The number of hydrogen-bond acceptors (Lipinski definition) is 6. The van der Waals surface area contributed by atoms with Gasteiger partial charge in [-0.3, -0.25) is 24.6 Å². The summed E-state index contributed by atoms with van der Waals surface area (Å²) in [6.07, 6.45) is -0.312. The zero-order chi connectivity index (χ0) is 24.0. The minimum absolute atomic E-state index is 0.0311. The fourth-order valence-corrected chi connectivity index (χ4v) is 3.37. The Morgan fingerprint density at radius 2 is 1.79 bits per heavy atom. The fraction of sp³-hybridized carbons (Fsp3) is 0.333. The molecule has 2 amide bonds. The predicted octanol–water partition coefficient (Wildman–Crippen LogP) is 3.84. The summed E-state index contributed by atoms with van der Waals surface area (Å²) in [5.74, 6) is -2.17. The second-order valence-electron chi connectivity index (χ2n) is 7.70. The molecule has 2 aromatic rings. The van der Waals surface area contributed by atoms with Crippen LogP contribution < -0.4 is 10.1 Å². The van der Waals surface area contributed by atoms with Crippen LogP contribution in [0, 0.1) is 5.92 Å². The molecule has 1 saturated heterocycles. The Bertz CT molecular complexity index is 1040.